The van der Waals surface area contributed by atoms with Crippen molar-refractivity contribution in [3.05, 3.63) is 0 Å². The van der Waals surface area contributed by atoms with E-state index in [1.165, 1.54) is 0 Å². The van der Waals surface area contributed by atoms with Crippen LogP contribution in [0.25, 0.3) is 0 Å². The Morgan fingerprint density at radius 1 is 0.933 bits per heavy atom. The molecule has 0 rings (SSSR count). The van der Waals surface area contributed by atoms with Gasteiger partial charge in [-0.2, -0.15) is 0 Å². The molecule has 2 unspecified atom stereocenters. The Labute approximate surface area is 98.8 Å². The zero-order valence-electron chi connectivity index (χ0n) is 7.82. The molecular formula is C4H10O8S2Sn. The Bertz CT molecular complexity index is 343. The third-order valence-electron chi connectivity index (χ3n) is 1.14. The third-order valence-corrected chi connectivity index (χ3v) is 8.55. The van der Waals surface area contributed by atoms with Crippen molar-refractivity contribution < 1.29 is 32.1 Å². The van der Waals surface area contributed by atoms with Gasteiger partial charge in [-0.05, 0) is 0 Å². The molecule has 0 spiro atoms. The van der Waals surface area contributed by atoms with E-state index in [1.54, 1.807) is 0 Å². The van der Waals surface area contributed by atoms with E-state index >= 15 is 0 Å². The van der Waals surface area contributed by atoms with Crippen molar-refractivity contribution in [3.8, 4) is 0 Å². The zero-order chi connectivity index (χ0) is 12.3. The monoisotopic (exact) mass is 370 g/mol. The predicted octanol–water partition coefficient (Wildman–Crippen LogP) is -2.11. The Morgan fingerprint density at radius 3 is 1.40 bits per heavy atom. The molecule has 0 aromatic rings. The fraction of sp³-hybridized carbons (Fsp3) is 1.00. The average Bonchev–Trinajstić information content (AvgIpc) is 2.02. The summed E-state index contributed by atoms with van der Waals surface area (Å²) in [5, 5.41) is 17.4. The van der Waals surface area contributed by atoms with Crippen LogP contribution in [0.4, 0.5) is 0 Å². The van der Waals surface area contributed by atoms with Crippen LogP contribution in [0.1, 0.15) is 13.8 Å². The number of hydrogen-bond acceptors (Lipinski definition) is 8. The van der Waals surface area contributed by atoms with Crippen LogP contribution in [0.15, 0.2) is 0 Å². The molecule has 0 aliphatic heterocycles. The van der Waals surface area contributed by atoms with Crippen molar-refractivity contribution in [3.63, 3.8) is 0 Å². The normalized spacial score (nSPS) is 17.3. The molecule has 2 N–H and O–H groups in total. The Morgan fingerprint density at radius 2 is 1.20 bits per heavy atom. The van der Waals surface area contributed by atoms with Crippen molar-refractivity contribution in [2.75, 3.05) is 0 Å². The first-order chi connectivity index (χ1) is 6.59. The van der Waals surface area contributed by atoms with Gasteiger partial charge in [-0.15, -0.1) is 0 Å². The fourth-order valence-corrected chi connectivity index (χ4v) is 5.55. The van der Waals surface area contributed by atoms with Gasteiger partial charge in [0.25, 0.3) is 0 Å². The second kappa shape index (κ2) is 5.74. The Balaban J connectivity index is 4.25. The molecule has 8 nitrogen and oxygen atoms in total. The summed E-state index contributed by atoms with van der Waals surface area (Å²) >= 11 is -2.66. The van der Waals surface area contributed by atoms with Gasteiger partial charge in [-0.25, -0.2) is 0 Å². The molecule has 11 heteroatoms. The quantitative estimate of drug-likeness (QED) is 0.510. The SMILES string of the molecule is CC(O)S(=O)(=O)[O][Sn][O]S(=O)(=O)C(C)O. The molecule has 0 aromatic heterocycles. The van der Waals surface area contributed by atoms with Crippen molar-refractivity contribution in [1.82, 2.24) is 0 Å². The molecule has 0 aliphatic rings. The predicted molar refractivity (Wildman–Crippen MR) is 49.1 cm³/mol. The van der Waals surface area contributed by atoms with E-state index in [0.29, 0.717) is 0 Å². The number of aliphatic hydroxyl groups excluding tert-OH is 2. The second-order valence-corrected chi connectivity index (χ2v) is 9.43. The summed E-state index contributed by atoms with van der Waals surface area (Å²) in [7, 11) is -8.37. The van der Waals surface area contributed by atoms with Gasteiger partial charge in [0.05, 0.1) is 0 Å². The maximum absolute atomic E-state index is 10.8. The fourth-order valence-electron chi connectivity index (χ4n) is 0.248. The summed E-state index contributed by atoms with van der Waals surface area (Å²) in [4.78, 5) is 0. The molecule has 0 saturated carbocycles. The van der Waals surface area contributed by atoms with E-state index in [4.69, 9.17) is 10.2 Å². The van der Waals surface area contributed by atoms with Gasteiger partial charge in [0.1, 0.15) is 0 Å². The van der Waals surface area contributed by atoms with Gasteiger partial charge in [-0.3, -0.25) is 0 Å². The topological polar surface area (TPSA) is 127 Å². The molecule has 0 heterocycles. The molecular weight excluding hydrogens is 359 g/mol. The first kappa shape index (κ1) is 15.5. The van der Waals surface area contributed by atoms with E-state index in [2.05, 4.69) is 5.04 Å². The summed E-state index contributed by atoms with van der Waals surface area (Å²) in [6.45, 7) is 1.91. The molecule has 0 saturated heterocycles. The molecule has 0 bridgehead atoms. The van der Waals surface area contributed by atoms with Crippen molar-refractivity contribution >= 4 is 42.2 Å². The van der Waals surface area contributed by atoms with Gasteiger partial charge >= 0.3 is 99.0 Å². The molecule has 0 aromatic carbocycles. The van der Waals surface area contributed by atoms with Gasteiger partial charge in [-0.1, -0.05) is 0 Å². The maximum atomic E-state index is 10.8. The zero-order valence-corrected chi connectivity index (χ0v) is 12.3. The van der Waals surface area contributed by atoms with Gasteiger partial charge in [0, 0.05) is 0 Å². The minimum atomic E-state index is -4.19. The van der Waals surface area contributed by atoms with Crippen LogP contribution in [0.3, 0.4) is 0 Å². The van der Waals surface area contributed by atoms with Crippen LogP contribution in [-0.2, 0) is 25.3 Å². The molecule has 2 atom stereocenters. The van der Waals surface area contributed by atoms with Crippen molar-refractivity contribution in [2.24, 2.45) is 0 Å². The van der Waals surface area contributed by atoms with E-state index < -0.39 is 53.1 Å². The number of rotatable bonds is 6. The Kier molecular flexibility index (Phi) is 5.95. The van der Waals surface area contributed by atoms with Crippen LogP contribution in [0, 0.1) is 0 Å². The Hall–Kier alpha value is 0.539. The van der Waals surface area contributed by atoms with Crippen molar-refractivity contribution in [1.29, 1.82) is 0 Å². The molecule has 0 fully saturated rings. The van der Waals surface area contributed by atoms with Gasteiger partial charge in [0.15, 0.2) is 0 Å². The first-order valence-corrected chi connectivity index (χ1v) is 8.82. The number of hydrogen-bond donors (Lipinski definition) is 2. The van der Waals surface area contributed by atoms with E-state index in [-0.39, 0.29) is 0 Å². The van der Waals surface area contributed by atoms with Crippen LogP contribution >= 0.6 is 0 Å². The van der Waals surface area contributed by atoms with Crippen molar-refractivity contribution in [2.45, 2.75) is 24.7 Å². The molecule has 0 amide bonds. The summed E-state index contributed by atoms with van der Waals surface area (Å²) in [6.07, 6.45) is 0. The standard InChI is InChI=1S/2C2H6O4S.Sn/c2*1-2(3)7(4,5)6;/h2*2-3H,1H3,(H,4,5,6);/q;;+2/p-2. The molecule has 2 radical (unpaired) electrons. The summed E-state index contributed by atoms with van der Waals surface area (Å²) < 4.78 is 51.6. The second-order valence-electron chi connectivity index (χ2n) is 2.43. The first-order valence-electron chi connectivity index (χ1n) is 3.55. The third kappa shape index (κ3) is 5.42. The van der Waals surface area contributed by atoms with E-state index in [1.807, 2.05) is 0 Å². The molecule has 0 aliphatic carbocycles. The van der Waals surface area contributed by atoms with E-state index in [0.717, 1.165) is 13.8 Å². The summed E-state index contributed by atoms with van der Waals surface area (Å²) in [6, 6.07) is 0. The molecule has 90 valence electrons. The summed E-state index contributed by atoms with van der Waals surface area (Å²) in [5.41, 5.74) is -3.51. The summed E-state index contributed by atoms with van der Waals surface area (Å²) in [5.74, 6) is 0. The molecule has 15 heavy (non-hydrogen) atoms. The van der Waals surface area contributed by atoms with Gasteiger partial charge < -0.3 is 0 Å². The van der Waals surface area contributed by atoms with Crippen LogP contribution in [0.2, 0.25) is 0 Å². The van der Waals surface area contributed by atoms with Crippen LogP contribution in [0.5, 0.6) is 0 Å². The van der Waals surface area contributed by atoms with E-state index in [9.17, 15) is 16.8 Å². The van der Waals surface area contributed by atoms with Crippen LogP contribution in [-0.4, -0.2) is 59.9 Å². The average molecular weight is 369 g/mol. The number of aliphatic hydroxyl groups is 2. The van der Waals surface area contributed by atoms with Gasteiger partial charge in [0.2, 0.25) is 0 Å². The van der Waals surface area contributed by atoms with Crippen LogP contribution < -0.4 is 0 Å². The minimum absolute atomic E-state index is 0.956.